The summed E-state index contributed by atoms with van der Waals surface area (Å²) in [4.78, 5) is 0. The molecule has 0 aromatic rings. The summed E-state index contributed by atoms with van der Waals surface area (Å²) in [5.74, 6) is 1.65. The minimum Gasteiger partial charge on any atom is -0.316 e. The van der Waals surface area contributed by atoms with Crippen molar-refractivity contribution in [3.8, 4) is 0 Å². The van der Waals surface area contributed by atoms with E-state index in [-0.39, 0.29) is 0 Å². The summed E-state index contributed by atoms with van der Waals surface area (Å²) in [6.45, 7) is 16.3. The molecule has 0 saturated heterocycles. The van der Waals surface area contributed by atoms with Crippen molar-refractivity contribution in [1.29, 1.82) is 0 Å². The number of hydrogen-bond acceptors (Lipinski definition) is 1. The first-order valence-corrected chi connectivity index (χ1v) is 6.58. The van der Waals surface area contributed by atoms with Crippen molar-refractivity contribution in [2.45, 2.75) is 60.8 Å². The van der Waals surface area contributed by atoms with Crippen LogP contribution in [0.25, 0.3) is 0 Å². The first kappa shape index (κ1) is 15.0. The third-order valence-electron chi connectivity index (χ3n) is 3.13. The normalized spacial score (nSPS) is 14.6. The lowest BCUT2D eigenvalue weighted by Crippen LogP contribution is -2.32. The van der Waals surface area contributed by atoms with Gasteiger partial charge in [-0.25, -0.2) is 0 Å². The van der Waals surface area contributed by atoms with Crippen LogP contribution < -0.4 is 5.32 Å². The van der Waals surface area contributed by atoms with Crippen molar-refractivity contribution < 1.29 is 0 Å². The molecule has 0 rings (SSSR count). The smallest absolute Gasteiger partial charge is 0.00155 e. The molecule has 0 fully saturated rings. The van der Waals surface area contributed by atoms with E-state index in [2.05, 4.69) is 46.9 Å². The van der Waals surface area contributed by atoms with Crippen LogP contribution in [0.2, 0.25) is 0 Å². The maximum absolute atomic E-state index is 3.57. The van der Waals surface area contributed by atoms with E-state index in [0.29, 0.717) is 5.41 Å². The fourth-order valence-corrected chi connectivity index (χ4v) is 1.83. The molecule has 0 aromatic carbocycles. The predicted molar refractivity (Wildman–Crippen MR) is 70.2 cm³/mol. The quantitative estimate of drug-likeness (QED) is 0.628. The molecule has 1 atom stereocenters. The fraction of sp³-hybridized carbons (Fsp3) is 1.00. The Morgan fingerprint density at radius 1 is 1.07 bits per heavy atom. The molecule has 0 aromatic heterocycles. The zero-order chi connectivity index (χ0) is 11.9. The predicted octanol–water partition coefficient (Wildman–Crippen LogP) is 4.08. The van der Waals surface area contributed by atoms with Gasteiger partial charge in [-0.2, -0.15) is 0 Å². The first-order chi connectivity index (χ1) is 6.88. The largest absolute Gasteiger partial charge is 0.316 e. The highest BCUT2D eigenvalue weighted by molar-refractivity contribution is 4.76. The van der Waals surface area contributed by atoms with Gasteiger partial charge in [0.15, 0.2) is 0 Å². The van der Waals surface area contributed by atoms with Crippen LogP contribution in [0.15, 0.2) is 0 Å². The standard InChI is InChI=1S/C14H31N/c1-7-10-15-11-13(14(4,5)6)9-8-12(2)3/h12-13,15H,7-11H2,1-6H3. The lowest BCUT2D eigenvalue weighted by molar-refractivity contribution is 0.208. The van der Waals surface area contributed by atoms with E-state index in [0.717, 1.165) is 18.4 Å². The summed E-state index contributed by atoms with van der Waals surface area (Å²) in [5, 5.41) is 3.57. The maximum atomic E-state index is 3.57. The molecule has 1 unspecified atom stereocenters. The molecule has 0 radical (unpaired) electrons. The van der Waals surface area contributed by atoms with E-state index < -0.39 is 0 Å². The summed E-state index contributed by atoms with van der Waals surface area (Å²) < 4.78 is 0. The van der Waals surface area contributed by atoms with Gasteiger partial charge in [0.2, 0.25) is 0 Å². The molecule has 0 aliphatic carbocycles. The van der Waals surface area contributed by atoms with Crippen LogP contribution in [0, 0.1) is 17.3 Å². The van der Waals surface area contributed by atoms with Gasteiger partial charge in [-0.3, -0.25) is 0 Å². The summed E-state index contributed by atoms with van der Waals surface area (Å²) in [5.41, 5.74) is 0.440. The van der Waals surface area contributed by atoms with E-state index in [1.165, 1.54) is 25.8 Å². The zero-order valence-corrected chi connectivity index (χ0v) is 11.7. The molecule has 92 valence electrons. The van der Waals surface area contributed by atoms with Gasteiger partial charge < -0.3 is 5.32 Å². The van der Waals surface area contributed by atoms with Crippen LogP contribution in [0.5, 0.6) is 0 Å². The highest BCUT2D eigenvalue weighted by atomic mass is 14.9. The molecule has 1 heteroatoms. The lowest BCUT2D eigenvalue weighted by atomic mass is 9.77. The van der Waals surface area contributed by atoms with E-state index in [1.807, 2.05) is 0 Å². The van der Waals surface area contributed by atoms with Gasteiger partial charge in [-0.1, -0.05) is 48.0 Å². The van der Waals surface area contributed by atoms with Crippen LogP contribution >= 0.6 is 0 Å². The van der Waals surface area contributed by atoms with Crippen molar-refractivity contribution in [3.05, 3.63) is 0 Å². The van der Waals surface area contributed by atoms with Crippen LogP contribution in [0.4, 0.5) is 0 Å². The fourth-order valence-electron chi connectivity index (χ4n) is 1.83. The third kappa shape index (κ3) is 7.84. The molecule has 1 N–H and O–H groups in total. The second kappa shape index (κ2) is 7.27. The average Bonchev–Trinajstić information content (AvgIpc) is 2.08. The summed E-state index contributed by atoms with van der Waals surface area (Å²) in [7, 11) is 0. The van der Waals surface area contributed by atoms with Crippen molar-refractivity contribution in [2.24, 2.45) is 17.3 Å². The molecule has 0 aliphatic heterocycles. The molecule has 0 spiro atoms. The second-order valence-corrected chi connectivity index (χ2v) is 6.24. The summed E-state index contributed by atoms with van der Waals surface area (Å²) in [6.07, 6.45) is 3.95. The maximum Gasteiger partial charge on any atom is -0.00155 e. The Labute approximate surface area is 97.0 Å². The molecule has 0 aliphatic rings. The minimum absolute atomic E-state index is 0.440. The molecular weight excluding hydrogens is 182 g/mol. The van der Waals surface area contributed by atoms with Crippen molar-refractivity contribution in [1.82, 2.24) is 5.32 Å². The third-order valence-corrected chi connectivity index (χ3v) is 3.13. The Morgan fingerprint density at radius 2 is 1.67 bits per heavy atom. The number of rotatable bonds is 7. The zero-order valence-electron chi connectivity index (χ0n) is 11.7. The van der Waals surface area contributed by atoms with Gasteiger partial charge in [-0.05, 0) is 43.2 Å². The number of hydrogen-bond donors (Lipinski definition) is 1. The van der Waals surface area contributed by atoms with Crippen molar-refractivity contribution in [2.75, 3.05) is 13.1 Å². The van der Waals surface area contributed by atoms with Crippen LogP contribution in [-0.2, 0) is 0 Å². The Balaban J connectivity index is 3.96. The minimum atomic E-state index is 0.440. The van der Waals surface area contributed by atoms with Gasteiger partial charge in [0, 0.05) is 0 Å². The monoisotopic (exact) mass is 213 g/mol. The van der Waals surface area contributed by atoms with Gasteiger partial charge in [0.05, 0.1) is 0 Å². The molecule has 0 amide bonds. The summed E-state index contributed by atoms with van der Waals surface area (Å²) in [6, 6.07) is 0. The van der Waals surface area contributed by atoms with Crippen LogP contribution in [0.1, 0.15) is 60.8 Å². The molecule has 0 heterocycles. The van der Waals surface area contributed by atoms with Crippen LogP contribution in [-0.4, -0.2) is 13.1 Å². The Kier molecular flexibility index (Phi) is 7.25. The van der Waals surface area contributed by atoms with Gasteiger partial charge >= 0.3 is 0 Å². The van der Waals surface area contributed by atoms with Gasteiger partial charge in [0.1, 0.15) is 0 Å². The molecule has 0 bridgehead atoms. The molecule has 0 saturated carbocycles. The SMILES string of the molecule is CCCNCC(CCC(C)C)C(C)(C)C. The van der Waals surface area contributed by atoms with Gasteiger partial charge in [0.25, 0.3) is 0 Å². The Morgan fingerprint density at radius 3 is 2.07 bits per heavy atom. The summed E-state index contributed by atoms with van der Waals surface area (Å²) >= 11 is 0. The Bertz CT molecular complexity index is 144. The number of nitrogens with one attached hydrogen (secondary N) is 1. The highest BCUT2D eigenvalue weighted by Gasteiger charge is 2.23. The van der Waals surface area contributed by atoms with Crippen LogP contribution in [0.3, 0.4) is 0 Å². The van der Waals surface area contributed by atoms with Crippen molar-refractivity contribution in [3.63, 3.8) is 0 Å². The highest BCUT2D eigenvalue weighted by Crippen LogP contribution is 2.30. The molecule has 1 nitrogen and oxygen atoms in total. The second-order valence-electron chi connectivity index (χ2n) is 6.24. The first-order valence-electron chi connectivity index (χ1n) is 6.58. The topological polar surface area (TPSA) is 12.0 Å². The van der Waals surface area contributed by atoms with E-state index in [9.17, 15) is 0 Å². The van der Waals surface area contributed by atoms with E-state index in [4.69, 9.17) is 0 Å². The lowest BCUT2D eigenvalue weighted by Gasteiger charge is -2.31. The molecular formula is C14H31N. The Hall–Kier alpha value is -0.0400. The van der Waals surface area contributed by atoms with E-state index >= 15 is 0 Å². The average molecular weight is 213 g/mol. The molecule has 15 heavy (non-hydrogen) atoms. The van der Waals surface area contributed by atoms with E-state index in [1.54, 1.807) is 0 Å². The van der Waals surface area contributed by atoms with Gasteiger partial charge in [-0.15, -0.1) is 0 Å². The van der Waals surface area contributed by atoms with Crippen molar-refractivity contribution >= 4 is 0 Å².